The van der Waals surface area contributed by atoms with E-state index in [9.17, 15) is 5.11 Å². The summed E-state index contributed by atoms with van der Waals surface area (Å²) in [4.78, 5) is 2.31. The lowest BCUT2D eigenvalue weighted by Crippen LogP contribution is -2.39. The van der Waals surface area contributed by atoms with Crippen LogP contribution in [0.1, 0.15) is 29.9 Å². The molecule has 1 aliphatic heterocycles. The summed E-state index contributed by atoms with van der Waals surface area (Å²) in [6, 6.07) is 7.79. The van der Waals surface area contributed by atoms with E-state index < -0.39 is 6.10 Å². The Morgan fingerprint density at radius 2 is 2.12 bits per heavy atom. The van der Waals surface area contributed by atoms with Gasteiger partial charge in [0, 0.05) is 18.3 Å². The van der Waals surface area contributed by atoms with Gasteiger partial charge in [0.15, 0.2) is 0 Å². The molecule has 6 heteroatoms. The molecule has 0 bridgehead atoms. The Morgan fingerprint density at radius 1 is 1.32 bits per heavy atom. The van der Waals surface area contributed by atoms with Crippen molar-refractivity contribution in [3.8, 4) is 5.75 Å². The highest BCUT2D eigenvalue weighted by molar-refractivity contribution is 5.32. The maximum atomic E-state index is 10.2. The Labute approximate surface area is 148 Å². The zero-order valence-corrected chi connectivity index (χ0v) is 14.7. The third-order valence-electron chi connectivity index (χ3n) is 4.81. The first-order valence-electron chi connectivity index (χ1n) is 8.85. The molecule has 6 nitrogen and oxygen atoms in total. The van der Waals surface area contributed by atoms with E-state index in [1.165, 1.54) is 5.56 Å². The van der Waals surface area contributed by atoms with Crippen molar-refractivity contribution in [2.75, 3.05) is 33.4 Å². The number of aliphatic hydroxyl groups is 1. The molecule has 1 fully saturated rings. The number of nitrogens with zero attached hydrogens (tertiary/aromatic N) is 2. The van der Waals surface area contributed by atoms with Gasteiger partial charge in [0.1, 0.15) is 5.75 Å². The maximum Gasteiger partial charge on any atom is 0.124 e. The highest BCUT2D eigenvalue weighted by atomic mass is 16.5. The molecule has 136 valence electrons. The summed E-state index contributed by atoms with van der Waals surface area (Å²) in [5, 5.41) is 17.2. The molecular formula is C19H27N3O3. The van der Waals surface area contributed by atoms with E-state index in [0.717, 1.165) is 37.2 Å². The van der Waals surface area contributed by atoms with Crippen LogP contribution in [0.5, 0.6) is 5.75 Å². The third-order valence-corrected chi connectivity index (χ3v) is 4.81. The number of benzene rings is 1. The summed E-state index contributed by atoms with van der Waals surface area (Å²) in [5.74, 6) is 1.40. The number of ether oxygens (including phenoxy) is 2. The largest absolute Gasteiger partial charge is 0.496 e. The summed E-state index contributed by atoms with van der Waals surface area (Å²) in [6.07, 6.45) is 5.64. The van der Waals surface area contributed by atoms with Gasteiger partial charge in [-0.2, -0.15) is 5.10 Å². The van der Waals surface area contributed by atoms with Crippen molar-refractivity contribution in [3.05, 3.63) is 47.8 Å². The summed E-state index contributed by atoms with van der Waals surface area (Å²) >= 11 is 0. The summed E-state index contributed by atoms with van der Waals surface area (Å²) in [7, 11) is 1.65. The molecule has 1 atom stereocenters. The van der Waals surface area contributed by atoms with Gasteiger partial charge < -0.3 is 19.5 Å². The van der Waals surface area contributed by atoms with Gasteiger partial charge in [-0.05, 0) is 43.5 Å². The molecule has 1 saturated heterocycles. The second kappa shape index (κ2) is 8.99. The number of hydrogen-bond donors (Lipinski definition) is 2. The number of aromatic amines is 1. The fourth-order valence-electron chi connectivity index (χ4n) is 3.41. The number of hydrogen-bond acceptors (Lipinski definition) is 5. The molecule has 1 aliphatic rings. The third kappa shape index (κ3) is 5.04. The Morgan fingerprint density at radius 3 is 2.84 bits per heavy atom. The Bertz CT molecular complexity index is 625. The number of aromatic nitrogens is 2. The van der Waals surface area contributed by atoms with Gasteiger partial charge in [-0.25, -0.2) is 0 Å². The first kappa shape index (κ1) is 17.9. The highest BCUT2D eigenvalue weighted by Gasteiger charge is 2.22. The second-order valence-corrected chi connectivity index (χ2v) is 6.59. The molecule has 0 radical (unpaired) electrons. The number of likely N-dealkylation sites (tertiary alicyclic amines) is 1. The SMILES string of the molecule is COc1ccccc1COCC(O)CN1CCC(c2cn[nH]c2)CC1. The lowest BCUT2D eigenvalue weighted by atomic mass is 9.91. The van der Waals surface area contributed by atoms with E-state index >= 15 is 0 Å². The van der Waals surface area contributed by atoms with Crippen LogP contribution < -0.4 is 4.74 Å². The number of β-amino-alcohol motifs (C(OH)–C–C–N with tert-alkyl or cyclic N) is 1. The molecule has 3 rings (SSSR count). The number of piperidine rings is 1. The van der Waals surface area contributed by atoms with E-state index in [1.807, 2.05) is 36.7 Å². The number of methoxy groups -OCH3 is 1. The molecule has 2 heterocycles. The molecule has 25 heavy (non-hydrogen) atoms. The quantitative estimate of drug-likeness (QED) is 0.767. The normalized spacial score (nSPS) is 17.5. The van der Waals surface area contributed by atoms with Crippen molar-refractivity contribution in [1.82, 2.24) is 15.1 Å². The van der Waals surface area contributed by atoms with Crippen LogP contribution in [-0.4, -0.2) is 59.7 Å². The lowest BCUT2D eigenvalue weighted by Gasteiger charge is -2.32. The average molecular weight is 345 g/mol. The minimum absolute atomic E-state index is 0.333. The van der Waals surface area contributed by atoms with Gasteiger partial charge in [-0.15, -0.1) is 0 Å². The standard InChI is InChI=1S/C19H27N3O3/c1-24-19-5-3-2-4-16(19)13-25-14-18(23)12-22-8-6-15(7-9-22)17-10-20-21-11-17/h2-5,10-11,15,18,23H,6-9,12-14H2,1H3,(H,20,21). The van der Waals surface area contributed by atoms with Crippen molar-refractivity contribution >= 4 is 0 Å². The molecule has 0 aliphatic carbocycles. The zero-order chi connectivity index (χ0) is 17.5. The van der Waals surface area contributed by atoms with Crippen molar-refractivity contribution in [3.63, 3.8) is 0 Å². The fourth-order valence-corrected chi connectivity index (χ4v) is 3.41. The molecule has 1 unspecified atom stereocenters. The second-order valence-electron chi connectivity index (χ2n) is 6.59. The Kier molecular flexibility index (Phi) is 6.44. The van der Waals surface area contributed by atoms with Crippen LogP contribution in [0.3, 0.4) is 0 Å². The van der Waals surface area contributed by atoms with Crippen molar-refractivity contribution in [2.24, 2.45) is 0 Å². The zero-order valence-electron chi connectivity index (χ0n) is 14.7. The van der Waals surface area contributed by atoms with Gasteiger partial charge >= 0.3 is 0 Å². The van der Waals surface area contributed by atoms with Crippen LogP contribution in [0, 0.1) is 0 Å². The van der Waals surface area contributed by atoms with E-state index in [-0.39, 0.29) is 0 Å². The van der Waals surface area contributed by atoms with Gasteiger partial charge in [0.05, 0.1) is 32.6 Å². The summed E-state index contributed by atoms with van der Waals surface area (Å²) in [6.45, 7) is 3.44. The molecule has 0 saturated carbocycles. The van der Waals surface area contributed by atoms with Crippen LogP contribution in [0.25, 0.3) is 0 Å². The first-order chi connectivity index (χ1) is 12.3. The van der Waals surface area contributed by atoms with Crippen LogP contribution in [-0.2, 0) is 11.3 Å². The summed E-state index contributed by atoms with van der Waals surface area (Å²) < 4.78 is 11.0. The number of rotatable bonds is 8. The Hall–Kier alpha value is -1.89. The van der Waals surface area contributed by atoms with Crippen LogP contribution in [0.15, 0.2) is 36.7 Å². The van der Waals surface area contributed by atoms with Crippen LogP contribution in [0.4, 0.5) is 0 Å². The first-order valence-corrected chi connectivity index (χ1v) is 8.85. The van der Waals surface area contributed by atoms with E-state index in [1.54, 1.807) is 7.11 Å². The number of nitrogens with one attached hydrogen (secondary N) is 1. The molecule has 2 N–H and O–H groups in total. The minimum atomic E-state index is -0.472. The highest BCUT2D eigenvalue weighted by Crippen LogP contribution is 2.27. The maximum absolute atomic E-state index is 10.2. The molecule has 1 aromatic carbocycles. The number of aliphatic hydroxyl groups excluding tert-OH is 1. The van der Waals surface area contributed by atoms with Crippen molar-refractivity contribution in [2.45, 2.75) is 31.5 Å². The summed E-state index contributed by atoms with van der Waals surface area (Å²) in [5.41, 5.74) is 2.29. The van der Waals surface area contributed by atoms with Crippen LogP contribution >= 0.6 is 0 Å². The fraction of sp³-hybridized carbons (Fsp3) is 0.526. The van der Waals surface area contributed by atoms with Gasteiger partial charge in [-0.3, -0.25) is 5.10 Å². The molecule has 1 aromatic heterocycles. The monoisotopic (exact) mass is 345 g/mol. The number of para-hydroxylation sites is 1. The van der Waals surface area contributed by atoms with Crippen LogP contribution in [0.2, 0.25) is 0 Å². The van der Waals surface area contributed by atoms with Crippen molar-refractivity contribution < 1.29 is 14.6 Å². The predicted molar refractivity (Wildman–Crippen MR) is 95.7 cm³/mol. The number of H-pyrrole nitrogens is 1. The topological polar surface area (TPSA) is 70.6 Å². The molecule has 0 amide bonds. The predicted octanol–water partition coefficient (Wildman–Crippen LogP) is 2.18. The van der Waals surface area contributed by atoms with E-state index in [2.05, 4.69) is 15.1 Å². The van der Waals surface area contributed by atoms with Gasteiger partial charge in [-0.1, -0.05) is 18.2 Å². The Balaban J connectivity index is 1.36. The molecule has 0 spiro atoms. The van der Waals surface area contributed by atoms with Gasteiger partial charge in [0.2, 0.25) is 0 Å². The smallest absolute Gasteiger partial charge is 0.124 e. The van der Waals surface area contributed by atoms with E-state index in [4.69, 9.17) is 9.47 Å². The van der Waals surface area contributed by atoms with Crippen molar-refractivity contribution in [1.29, 1.82) is 0 Å². The lowest BCUT2D eigenvalue weighted by molar-refractivity contribution is 0.00576. The molecule has 2 aromatic rings. The molecular weight excluding hydrogens is 318 g/mol. The van der Waals surface area contributed by atoms with Gasteiger partial charge in [0.25, 0.3) is 0 Å². The van der Waals surface area contributed by atoms with E-state index in [0.29, 0.717) is 25.7 Å². The average Bonchev–Trinajstić information content (AvgIpc) is 3.17. The minimum Gasteiger partial charge on any atom is -0.496 e.